The SMILES string of the molecule is COC(=O)[C@H]1CC[C@H](NS(=O)(=O)c2ccc3c(ccn3C)c2)CC1. The van der Waals surface area contributed by atoms with E-state index in [1.807, 2.05) is 29.9 Å². The fraction of sp³-hybridized carbons (Fsp3) is 0.471. The van der Waals surface area contributed by atoms with Crippen molar-refractivity contribution in [2.45, 2.75) is 36.6 Å². The van der Waals surface area contributed by atoms with Crippen molar-refractivity contribution in [2.24, 2.45) is 13.0 Å². The molecule has 0 spiro atoms. The molecule has 1 heterocycles. The van der Waals surface area contributed by atoms with Gasteiger partial charge in [0.25, 0.3) is 0 Å². The van der Waals surface area contributed by atoms with E-state index in [4.69, 9.17) is 4.74 Å². The number of nitrogens with one attached hydrogen (secondary N) is 1. The Balaban J connectivity index is 1.70. The lowest BCUT2D eigenvalue weighted by Gasteiger charge is -2.27. The number of carbonyl (C=O) groups is 1. The third-order valence-corrected chi connectivity index (χ3v) is 6.27. The summed E-state index contributed by atoms with van der Waals surface area (Å²) in [5, 5.41) is 0.898. The van der Waals surface area contributed by atoms with Gasteiger partial charge in [0.2, 0.25) is 10.0 Å². The first kappa shape index (κ1) is 17.0. The van der Waals surface area contributed by atoms with Crippen LogP contribution in [0.25, 0.3) is 10.9 Å². The van der Waals surface area contributed by atoms with Gasteiger partial charge in [-0.15, -0.1) is 0 Å². The third kappa shape index (κ3) is 3.32. The molecule has 0 radical (unpaired) electrons. The molecular weight excluding hydrogens is 328 g/mol. The van der Waals surface area contributed by atoms with Crippen molar-refractivity contribution in [3.05, 3.63) is 30.5 Å². The van der Waals surface area contributed by atoms with Crippen LogP contribution in [-0.2, 0) is 26.6 Å². The summed E-state index contributed by atoms with van der Waals surface area (Å²) in [6.45, 7) is 0. The molecule has 1 aromatic carbocycles. The lowest BCUT2D eigenvalue weighted by atomic mass is 9.86. The molecular formula is C17H22N2O4S. The Labute approximate surface area is 141 Å². The molecule has 0 unspecified atom stereocenters. The van der Waals surface area contributed by atoms with Crippen LogP contribution in [0.4, 0.5) is 0 Å². The van der Waals surface area contributed by atoms with Gasteiger partial charge < -0.3 is 9.30 Å². The minimum atomic E-state index is -3.56. The van der Waals surface area contributed by atoms with Crippen molar-refractivity contribution in [1.82, 2.24) is 9.29 Å². The number of carbonyl (C=O) groups excluding carboxylic acids is 1. The molecule has 0 atom stereocenters. The molecule has 24 heavy (non-hydrogen) atoms. The van der Waals surface area contributed by atoms with Crippen LogP contribution < -0.4 is 4.72 Å². The first-order chi connectivity index (χ1) is 11.4. The number of fused-ring (bicyclic) bond motifs is 1. The lowest BCUT2D eigenvalue weighted by molar-refractivity contribution is -0.146. The fourth-order valence-electron chi connectivity index (χ4n) is 3.33. The standard InChI is InChI=1S/C17H22N2O4S/c1-19-10-9-13-11-15(7-8-16(13)19)24(21,22)18-14-5-3-12(4-6-14)17(20)23-2/h7-12,14,18H,3-6H2,1-2H3/t12-,14-. The van der Waals surface area contributed by atoms with E-state index in [0.717, 1.165) is 10.9 Å². The number of aryl methyl sites for hydroxylation is 1. The zero-order chi connectivity index (χ0) is 17.3. The van der Waals surface area contributed by atoms with E-state index in [1.165, 1.54) is 7.11 Å². The third-order valence-electron chi connectivity index (χ3n) is 4.75. The second-order valence-corrected chi connectivity index (χ2v) is 8.05. The summed E-state index contributed by atoms with van der Waals surface area (Å²) in [6, 6.07) is 6.90. The highest BCUT2D eigenvalue weighted by Gasteiger charge is 2.29. The highest BCUT2D eigenvalue weighted by Crippen LogP contribution is 2.27. The molecule has 1 saturated carbocycles. The normalized spacial score (nSPS) is 21.8. The van der Waals surface area contributed by atoms with Gasteiger partial charge in [0, 0.05) is 30.2 Å². The van der Waals surface area contributed by atoms with Gasteiger partial charge in [-0.3, -0.25) is 4.79 Å². The first-order valence-electron chi connectivity index (χ1n) is 8.06. The Kier molecular flexibility index (Phi) is 4.64. The molecule has 0 amide bonds. The maximum Gasteiger partial charge on any atom is 0.308 e. The van der Waals surface area contributed by atoms with Crippen LogP contribution in [0.15, 0.2) is 35.4 Å². The number of ether oxygens (including phenoxy) is 1. The first-order valence-corrected chi connectivity index (χ1v) is 9.54. The van der Waals surface area contributed by atoms with Crippen LogP contribution in [0, 0.1) is 5.92 Å². The average Bonchev–Trinajstić information content (AvgIpc) is 2.95. The Bertz CT molecular complexity index is 849. The van der Waals surface area contributed by atoms with Crippen molar-refractivity contribution in [1.29, 1.82) is 0 Å². The molecule has 7 heteroatoms. The molecule has 0 bridgehead atoms. The Morgan fingerprint density at radius 2 is 1.92 bits per heavy atom. The van der Waals surface area contributed by atoms with Crippen LogP contribution >= 0.6 is 0 Å². The number of aromatic nitrogens is 1. The van der Waals surface area contributed by atoms with Gasteiger partial charge in [-0.1, -0.05) is 0 Å². The van der Waals surface area contributed by atoms with Crippen molar-refractivity contribution in [3.8, 4) is 0 Å². The summed E-state index contributed by atoms with van der Waals surface area (Å²) in [5.41, 5.74) is 0.993. The zero-order valence-electron chi connectivity index (χ0n) is 13.9. The summed E-state index contributed by atoms with van der Waals surface area (Å²) in [6.07, 6.45) is 4.50. The van der Waals surface area contributed by atoms with Crippen molar-refractivity contribution in [2.75, 3.05) is 7.11 Å². The van der Waals surface area contributed by atoms with E-state index in [0.29, 0.717) is 25.7 Å². The van der Waals surface area contributed by atoms with Gasteiger partial charge in [-0.05, 0) is 49.9 Å². The Hall–Kier alpha value is -1.86. The summed E-state index contributed by atoms with van der Waals surface area (Å²) in [5.74, 6) is -0.317. The number of rotatable bonds is 4. The number of methoxy groups -OCH3 is 1. The summed E-state index contributed by atoms with van der Waals surface area (Å²) >= 11 is 0. The second kappa shape index (κ2) is 6.57. The number of esters is 1. The van der Waals surface area contributed by atoms with Gasteiger partial charge in [0.05, 0.1) is 17.9 Å². The van der Waals surface area contributed by atoms with E-state index in [-0.39, 0.29) is 22.8 Å². The smallest absolute Gasteiger partial charge is 0.308 e. The number of benzene rings is 1. The van der Waals surface area contributed by atoms with Crippen molar-refractivity contribution < 1.29 is 17.9 Å². The van der Waals surface area contributed by atoms with Gasteiger partial charge in [-0.25, -0.2) is 13.1 Å². The highest BCUT2D eigenvalue weighted by molar-refractivity contribution is 7.89. The number of sulfonamides is 1. The largest absolute Gasteiger partial charge is 0.469 e. The molecule has 1 N–H and O–H groups in total. The van der Waals surface area contributed by atoms with E-state index in [2.05, 4.69) is 4.72 Å². The maximum atomic E-state index is 12.6. The summed E-state index contributed by atoms with van der Waals surface area (Å²) < 4.78 is 34.7. The molecule has 1 aliphatic carbocycles. The van der Waals surface area contributed by atoms with E-state index in [9.17, 15) is 13.2 Å². The van der Waals surface area contributed by atoms with Crippen LogP contribution in [0.1, 0.15) is 25.7 Å². The molecule has 1 fully saturated rings. The highest BCUT2D eigenvalue weighted by atomic mass is 32.2. The van der Waals surface area contributed by atoms with Crippen LogP contribution in [0.5, 0.6) is 0 Å². The van der Waals surface area contributed by atoms with Gasteiger partial charge in [-0.2, -0.15) is 0 Å². The monoisotopic (exact) mass is 350 g/mol. The number of hydrogen-bond acceptors (Lipinski definition) is 4. The second-order valence-electron chi connectivity index (χ2n) is 6.34. The molecule has 130 valence electrons. The molecule has 1 aromatic heterocycles. The van der Waals surface area contributed by atoms with Gasteiger partial charge in [0.15, 0.2) is 0 Å². The van der Waals surface area contributed by atoms with Crippen molar-refractivity contribution >= 4 is 26.9 Å². The minimum absolute atomic E-state index is 0.114. The predicted molar refractivity (Wildman–Crippen MR) is 91.0 cm³/mol. The number of hydrogen-bond donors (Lipinski definition) is 1. The van der Waals surface area contributed by atoms with Crippen molar-refractivity contribution in [3.63, 3.8) is 0 Å². The van der Waals surface area contributed by atoms with E-state index >= 15 is 0 Å². The van der Waals surface area contributed by atoms with Crippen LogP contribution in [0.3, 0.4) is 0 Å². The quantitative estimate of drug-likeness (QED) is 0.858. The molecule has 2 aromatic rings. The maximum absolute atomic E-state index is 12.6. The molecule has 0 saturated heterocycles. The van der Waals surface area contributed by atoms with E-state index in [1.54, 1.807) is 12.1 Å². The van der Waals surface area contributed by atoms with E-state index < -0.39 is 10.0 Å². The van der Waals surface area contributed by atoms with Crippen LogP contribution in [0.2, 0.25) is 0 Å². The molecule has 0 aliphatic heterocycles. The van der Waals surface area contributed by atoms with Crippen LogP contribution in [-0.4, -0.2) is 32.1 Å². The molecule has 6 nitrogen and oxygen atoms in total. The molecule has 3 rings (SSSR count). The summed E-state index contributed by atoms with van der Waals surface area (Å²) in [7, 11) is -0.250. The zero-order valence-corrected chi connectivity index (χ0v) is 14.7. The molecule has 1 aliphatic rings. The lowest BCUT2D eigenvalue weighted by Crippen LogP contribution is -2.38. The van der Waals surface area contributed by atoms with Gasteiger partial charge in [0.1, 0.15) is 0 Å². The topological polar surface area (TPSA) is 77.4 Å². The Morgan fingerprint density at radius 1 is 1.21 bits per heavy atom. The fourth-order valence-corrected chi connectivity index (χ4v) is 4.67. The average molecular weight is 350 g/mol. The van der Waals surface area contributed by atoms with Gasteiger partial charge >= 0.3 is 5.97 Å². The predicted octanol–water partition coefficient (Wildman–Crippen LogP) is 2.19. The minimum Gasteiger partial charge on any atom is -0.469 e. The Morgan fingerprint density at radius 3 is 2.58 bits per heavy atom. The number of nitrogens with zero attached hydrogens (tertiary/aromatic N) is 1. The summed E-state index contributed by atoms with van der Waals surface area (Å²) in [4.78, 5) is 11.8.